The number of likely N-dealkylation sites (tertiary alicyclic amines) is 1. The fourth-order valence-corrected chi connectivity index (χ4v) is 4.96. The molecule has 1 aliphatic heterocycles. The first-order valence-corrected chi connectivity index (χ1v) is 12.3. The molecule has 1 saturated carbocycles. The van der Waals surface area contributed by atoms with E-state index in [9.17, 15) is 14.0 Å². The number of carbonyl (C=O) groups excluding carboxylic acids is 2. The Morgan fingerprint density at radius 1 is 1.12 bits per heavy atom. The summed E-state index contributed by atoms with van der Waals surface area (Å²) >= 11 is 0. The third-order valence-corrected chi connectivity index (χ3v) is 6.89. The molecule has 7 nitrogen and oxygen atoms in total. The number of aromatic nitrogens is 2. The molecule has 0 N–H and O–H groups in total. The summed E-state index contributed by atoms with van der Waals surface area (Å²) < 4.78 is 18.6. The monoisotopic (exact) mass is 468 g/mol. The van der Waals surface area contributed by atoms with Gasteiger partial charge in [-0.25, -0.2) is 14.4 Å². The first kappa shape index (κ1) is 24.1. The van der Waals surface area contributed by atoms with Crippen LogP contribution >= 0.6 is 0 Å². The number of amides is 1. The van der Waals surface area contributed by atoms with E-state index in [0.717, 1.165) is 38.5 Å². The molecule has 4 rings (SSSR count). The number of anilines is 1. The smallest absolute Gasteiger partial charge is 0.310 e. The van der Waals surface area contributed by atoms with E-state index in [1.54, 1.807) is 30.2 Å². The molecule has 0 radical (unpaired) electrons. The fourth-order valence-electron chi connectivity index (χ4n) is 4.96. The lowest BCUT2D eigenvalue weighted by atomic mass is 9.94. The van der Waals surface area contributed by atoms with Crippen molar-refractivity contribution in [2.45, 2.75) is 57.9 Å². The second-order valence-electron chi connectivity index (χ2n) is 9.18. The van der Waals surface area contributed by atoms with Gasteiger partial charge in [0.05, 0.1) is 12.5 Å². The Labute approximate surface area is 200 Å². The number of esters is 1. The molecule has 2 heterocycles. The van der Waals surface area contributed by atoms with Gasteiger partial charge in [-0.05, 0) is 56.9 Å². The Morgan fingerprint density at radius 2 is 1.85 bits per heavy atom. The predicted octanol–water partition coefficient (Wildman–Crippen LogP) is 4.47. The van der Waals surface area contributed by atoms with E-state index in [4.69, 9.17) is 9.72 Å². The summed E-state index contributed by atoms with van der Waals surface area (Å²) in [6, 6.07) is 6.35. The van der Waals surface area contributed by atoms with Crippen LogP contribution < -0.4 is 4.90 Å². The van der Waals surface area contributed by atoms with Crippen LogP contribution in [0.3, 0.4) is 0 Å². The molecule has 34 heavy (non-hydrogen) atoms. The zero-order valence-electron chi connectivity index (χ0n) is 20.0. The van der Waals surface area contributed by atoms with Crippen LogP contribution in [0.1, 0.15) is 62.2 Å². The molecule has 1 aromatic carbocycles. The van der Waals surface area contributed by atoms with Crippen LogP contribution in [-0.4, -0.2) is 59.5 Å². The van der Waals surface area contributed by atoms with E-state index in [1.807, 2.05) is 7.05 Å². The number of piperidine rings is 1. The van der Waals surface area contributed by atoms with Crippen molar-refractivity contribution in [3.8, 4) is 11.4 Å². The average Bonchev–Trinajstić information content (AvgIpc) is 2.88. The van der Waals surface area contributed by atoms with Gasteiger partial charge in [0.1, 0.15) is 17.2 Å². The van der Waals surface area contributed by atoms with Gasteiger partial charge in [-0.1, -0.05) is 19.3 Å². The standard InChI is InChI=1S/C26H33FN4O3/c1-3-34-26(33)19-8-7-15-31(17-19)25(32)22-16-28-23(18-11-13-20(27)14-12-18)29-24(22)30(2)21-9-5-4-6-10-21/h11-14,16,19,21H,3-10,15,17H2,1-2H3/t19-/m1/s1. The van der Waals surface area contributed by atoms with Crippen LogP contribution in [0.2, 0.25) is 0 Å². The Hall–Kier alpha value is -3.03. The molecule has 182 valence electrons. The number of hydrogen-bond donors (Lipinski definition) is 0. The zero-order valence-corrected chi connectivity index (χ0v) is 20.0. The van der Waals surface area contributed by atoms with Gasteiger partial charge in [-0.3, -0.25) is 9.59 Å². The van der Waals surface area contributed by atoms with Crippen LogP contribution in [0.25, 0.3) is 11.4 Å². The topological polar surface area (TPSA) is 75.6 Å². The summed E-state index contributed by atoms with van der Waals surface area (Å²) in [6.45, 7) is 3.04. The van der Waals surface area contributed by atoms with Crippen LogP contribution in [-0.2, 0) is 9.53 Å². The second kappa shape index (κ2) is 10.9. The van der Waals surface area contributed by atoms with Crippen molar-refractivity contribution in [2.24, 2.45) is 5.92 Å². The van der Waals surface area contributed by atoms with E-state index >= 15 is 0 Å². The summed E-state index contributed by atoms with van der Waals surface area (Å²) in [5.41, 5.74) is 1.13. The molecule has 1 saturated heterocycles. The zero-order chi connectivity index (χ0) is 24.1. The maximum absolute atomic E-state index is 13.6. The Kier molecular flexibility index (Phi) is 7.75. The number of rotatable bonds is 6. The summed E-state index contributed by atoms with van der Waals surface area (Å²) in [4.78, 5) is 39.0. The molecule has 0 spiro atoms. The van der Waals surface area contributed by atoms with Crippen LogP contribution in [0.4, 0.5) is 10.2 Å². The van der Waals surface area contributed by atoms with Crippen LogP contribution in [0.5, 0.6) is 0 Å². The number of nitrogens with zero attached hydrogens (tertiary/aromatic N) is 4. The minimum atomic E-state index is -0.323. The molecule has 1 atom stereocenters. The highest BCUT2D eigenvalue weighted by Crippen LogP contribution is 2.30. The highest BCUT2D eigenvalue weighted by Gasteiger charge is 2.32. The molecule has 1 aliphatic carbocycles. The molecule has 8 heteroatoms. The summed E-state index contributed by atoms with van der Waals surface area (Å²) in [7, 11) is 1.99. The van der Waals surface area contributed by atoms with Crippen molar-refractivity contribution >= 4 is 17.7 Å². The van der Waals surface area contributed by atoms with Gasteiger partial charge in [0.15, 0.2) is 5.82 Å². The molecule has 0 unspecified atom stereocenters. The lowest BCUT2D eigenvalue weighted by Crippen LogP contribution is -2.44. The maximum atomic E-state index is 13.6. The average molecular weight is 469 g/mol. The highest BCUT2D eigenvalue weighted by molar-refractivity contribution is 5.99. The third kappa shape index (κ3) is 5.37. The van der Waals surface area contributed by atoms with Crippen molar-refractivity contribution in [1.29, 1.82) is 0 Å². The van der Waals surface area contributed by atoms with Crippen LogP contribution in [0, 0.1) is 11.7 Å². The number of benzene rings is 1. The summed E-state index contributed by atoms with van der Waals surface area (Å²) in [6.07, 6.45) is 8.68. The SMILES string of the molecule is CCOC(=O)[C@@H]1CCCN(C(=O)c2cnc(-c3ccc(F)cc3)nc2N(C)C2CCCCC2)C1. The normalized spacial score (nSPS) is 19.0. The third-order valence-electron chi connectivity index (χ3n) is 6.89. The molecular formula is C26H33FN4O3. The predicted molar refractivity (Wildman–Crippen MR) is 128 cm³/mol. The van der Waals surface area contributed by atoms with E-state index in [1.165, 1.54) is 18.6 Å². The molecule has 2 fully saturated rings. The van der Waals surface area contributed by atoms with Gasteiger partial charge in [0, 0.05) is 37.9 Å². The second-order valence-corrected chi connectivity index (χ2v) is 9.18. The first-order chi connectivity index (χ1) is 16.5. The quantitative estimate of drug-likeness (QED) is 0.583. The Balaban J connectivity index is 1.65. The van der Waals surface area contributed by atoms with Crippen molar-refractivity contribution in [2.75, 3.05) is 31.6 Å². The van der Waals surface area contributed by atoms with Gasteiger partial charge in [0.2, 0.25) is 0 Å². The van der Waals surface area contributed by atoms with E-state index < -0.39 is 0 Å². The number of ether oxygens (including phenoxy) is 1. The largest absolute Gasteiger partial charge is 0.466 e. The molecule has 0 bridgehead atoms. The van der Waals surface area contributed by atoms with Gasteiger partial charge in [0.25, 0.3) is 5.91 Å². The fraction of sp³-hybridized carbons (Fsp3) is 0.538. The highest BCUT2D eigenvalue weighted by atomic mass is 19.1. The molecule has 2 aliphatic rings. The molecule has 2 aromatic rings. The van der Waals surface area contributed by atoms with Gasteiger partial charge in [-0.15, -0.1) is 0 Å². The molecule has 1 aromatic heterocycles. The molecular weight excluding hydrogens is 435 g/mol. The Morgan fingerprint density at radius 3 is 2.56 bits per heavy atom. The van der Waals surface area contributed by atoms with Crippen LogP contribution in [0.15, 0.2) is 30.5 Å². The summed E-state index contributed by atoms with van der Waals surface area (Å²) in [5.74, 6) is -0.00515. The summed E-state index contributed by atoms with van der Waals surface area (Å²) in [5, 5.41) is 0. The van der Waals surface area contributed by atoms with Crippen molar-refractivity contribution in [1.82, 2.24) is 14.9 Å². The minimum absolute atomic E-state index is 0.169. The van der Waals surface area contributed by atoms with Crippen molar-refractivity contribution in [3.63, 3.8) is 0 Å². The van der Waals surface area contributed by atoms with Crippen molar-refractivity contribution < 1.29 is 18.7 Å². The number of carbonyl (C=O) groups is 2. The van der Waals surface area contributed by atoms with Crippen molar-refractivity contribution in [3.05, 3.63) is 41.8 Å². The van der Waals surface area contributed by atoms with Gasteiger partial charge < -0.3 is 14.5 Å². The van der Waals surface area contributed by atoms with Gasteiger partial charge >= 0.3 is 5.97 Å². The first-order valence-electron chi connectivity index (χ1n) is 12.3. The van der Waals surface area contributed by atoms with E-state index in [0.29, 0.717) is 48.5 Å². The number of halogens is 1. The minimum Gasteiger partial charge on any atom is -0.466 e. The maximum Gasteiger partial charge on any atom is 0.310 e. The molecule has 1 amide bonds. The lowest BCUT2D eigenvalue weighted by molar-refractivity contribution is -0.149. The van der Waals surface area contributed by atoms with E-state index in [-0.39, 0.29) is 23.6 Å². The van der Waals surface area contributed by atoms with E-state index in [2.05, 4.69) is 9.88 Å². The van der Waals surface area contributed by atoms with Gasteiger partial charge in [-0.2, -0.15) is 0 Å². The lowest BCUT2D eigenvalue weighted by Gasteiger charge is -2.35. The number of hydrogen-bond acceptors (Lipinski definition) is 6. The Bertz CT molecular complexity index is 1010.